The molecule has 0 aliphatic rings. The van der Waals surface area contributed by atoms with E-state index in [1.807, 2.05) is 19.1 Å². The number of ether oxygens (including phenoxy) is 1. The van der Waals surface area contributed by atoms with Crippen molar-refractivity contribution in [2.75, 3.05) is 0 Å². The maximum atomic E-state index is 13.8. The molecule has 0 amide bonds. The minimum atomic E-state index is -0.372. The first kappa shape index (κ1) is 16.0. The summed E-state index contributed by atoms with van der Waals surface area (Å²) in [6.45, 7) is 6.91. The van der Waals surface area contributed by atoms with Crippen LogP contribution < -0.4 is 10.1 Å². The van der Waals surface area contributed by atoms with Gasteiger partial charge in [0.1, 0.15) is 5.75 Å². The van der Waals surface area contributed by atoms with E-state index in [9.17, 15) is 4.39 Å². The van der Waals surface area contributed by atoms with E-state index < -0.39 is 0 Å². The van der Waals surface area contributed by atoms with E-state index in [-0.39, 0.29) is 11.6 Å². The van der Waals surface area contributed by atoms with Crippen molar-refractivity contribution in [3.05, 3.63) is 57.8 Å². The largest absolute Gasteiger partial charge is 0.454 e. The van der Waals surface area contributed by atoms with Crippen LogP contribution in [0.4, 0.5) is 4.39 Å². The molecule has 0 saturated heterocycles. The zero-order valence-corrected chi connectivity index (χ0v) is 14.0. The molecule has 0 aromatic heterocycles. The minimum Gasteiger partial charge on any atom is -0.454 e. The summed E-state index contributed by atoms with van der Waals surface area (Å²) >= 11 is 3.33. The SMILES string of the molecule is Cc1ccc(CNC(C)C)cc1Oc1cc(Br)ccc1F. The summed E-state index contributed by atoms with van der Waals surface area (Å²) in [6.07, 6.45) is 0. The first-order valence-electron chi connectivity index (χ1n) is 6.91. The van der Waals surface area contributed by atoms with Gasteiger partial charge in [0.2, 0.25) is 0 Å². The van der Waals surface area contributed by atoms with Crippen LogP contribution in [-0.4, -0.2) is 6.04 Å². The van der Waals surface area contributed by atoms with Gasteiger partial charge in [0.05, 0.1) is 0 Å². The molecule has 2 rings (SSSR count). The van der Waals surface area contributed by atoms with Gasteiger partial charge in [-0.2, -0.15) is 0 Å². The molecule has 2 nitrogen and oxygen atoms in total. The van der Waals surface area contributed by atoms with Gasteiger partial charge in [-0.15, -0.1) is 0 Å². The maximum Gasteiger partial charge on any atom is 0.165 e. The molecule has 0 atom stereocenters. The zero-order chi connectivity index (χ0) is 15.4. The first-order chi connectivity index (χ1) is 9.95. The van der Waals surface area contributed by atoms with Crippen LogP contribution >= 0.6 is 15.9 Å². The summed E-state index contributed by atoms with van der Waals surface area (Å²) in [5.74, 6) is 0.528. The number of benzene rings is 2. The standard InChI is InChI=1S/C17H19BrFNO/c1-11(2)20-10-13-5-4-12(3)16(8-13)21-17-9-14(18)6-7-15(17)19/h4-9,11,20H,10H2,1-3H3. The lowest BCUT2D eigenvalue weighted by Crippen LogP contribution is -2.21. The van der Waals surface area contributed by atoms with Gasteiger partial charge in [0.15, 0.2) is 11.6 Å². The van der Waals surface area contributed by atoms with Crippen LogP contribution in [-0.2, 0) is 6.54 Å². The smallest absolute Gasteiger partial charge is 0.165 e. The third-order valence-corrected chi connectivity index (χ3v) is 3.57. The summed E-state index contributed by atoms with van der Waals surface area (Å²) in [6, 6.07) is 11.1. The van der Waals surface area contributed by atoms with Crippen LogP contribution in [0.5, 0.6) is 11.5 Å². The Balaban J connectivity index is 2.22. The van der Waals surface area contributed by atoms with Crippen molar-refractivity contribution >= 4 is 15.9 Å². The van der Waals surface area contributed by atoms with Crippen molar-refractivity contribution in [2.24, 2.45) is 0 Å². The van der Waals surface area contributed by atoms with Gasteiger partial charge in [-0.25, -0.2) is 4.39 Å². The molecule has 1 N–H and O–H groups in total. The second-order valence-corrected chi connectivity index (χ2v) is 6.23. The Morgan fingerprint density at radius 2 is 1.90 bits per heavy atom. The number of hydrogen-bond donors (Lipinski definition) is 1. The van der Waals surface area contributed by atoms with Crippen LogP contribution in [0, 0.1) is 12.7 Å². The van der Waals surface area contributed by atoms with Crippen molar-refractivity contribution in [1.82, 2.24) is 5.32 Å². The number of hydrogen-bond acceptors (Lipinski definition) is 2. The number of nitrogens with one attached hydrogen (secondary N) is 1. The quantitative estimate of drug-likeness (QED) is 0.800. The predicted octanol–water partition coefficient (Wildman–Crippen LogP) is 5.19. The predicted molar refractivity (Wildman–Crippen MR) is 87.3 cm³/mol. The van der Waals surface area contributed by atoms with Gasteiger partial charge in [-0.3, -0.25) is 0 Å². The Labute approximate surface area is 133 Å². The molecule has 21 heavy (non-hydrogen) atoms. The molecule has 0 unspecified atom stereocenters. The lowest BCUT2D eigenvalue weighted by molar-refractivity contribution is 0.438. The fraction of sp³-hybridized carbons (Fsp3) is 0.294. The van der Waals surface area contributed by atoms with Gasteiger partial charge < -0.3 is 10.1 Å². The molecule has 0 spiro atoms. The first-order valence-corrected chi connectivity index (χ1v) is 7.71. The Bertz CT molecular complexity index is 628. The lowest BCUT2D eigenvalue weighted by atomic mass is 10.1. The Kier molecular flexibility index (Phi) is 5.37. The molecule has 2 aromatic rings. The highest BCUT2D eigenvalue weighted by Gasteiger charge is 2.08. The highest BCUT2D eigenvalue weighted by molar-refractivity contribution is 9.10. The van der Waals surface area contributed by atoms with E-state index in [1.54, 1.807) is 12.1 Å². The van der Waals surface area contributed by atoms with E-state index >= 15 is 0 Å². The molecule has 112 valence electrons. The fourth-order valence-electron chi connectivity index (χ4n) is 1.86. The molecule has 0 radical (unpaired) electrons. The summed E-state index contributed by atoms with van der Waals surface area (Å²) in [7, 11) is 0. The van der Waals surface area contributed by atoms with E-state index in [0.29, 0.717) is 11.8 Å². The third-order valence-electron chi connectivity index (χ3n) is 3.08. The molecule has 0 aliphatic carbocycles. The topological polar surface area (TPSA) is 21.3 Å². The average Bonchev–Trinajstić information content (AvgIpc) is 2.43. The monoisotopic (exact) mass is 351 g/mol. The van der Waals surface area contributed by atoms with Gasteiger partial charge in [0.25, 0.3) is 0 Å². The Morgan fingerprint density at radius 1 is 1.14 bits per heavy atom. The highest BCUT2D eigenvalue weighted by Crippen LogP contribution is 2.30. The number of aryl methyl sites for hydroxylation is 1. The average molecular weight is 352 g/mol. The number of rotatable bonds is 5. The molecule has 4 heteroatoms. The van der Waals surface area contributed by atoms with Gasteiger partial charge >= 0.3 is 0 Å². The van der Waals surface area contributed by atoms with Gasteiger partial charge in [-0.1, -0.05) is 41.9 Å². The van der Waals surface area contributed by atoms with Crippen LogP contribution in [0.3, 0.4) is 0 Å². The molecular formula is C17H19BrFNO. The van der Waals surface area contributed by atoms with Crippen molar-refractivity contribution in [3.8, 4) is 11.5 Å². The van der Waals surface area contributed by atoms with Crippen molar-refractivity contribution in [2.45, 2.75) is 33.4 Å². The Hall–Kier alpha value is -1.39. The number of halogens is 2. The van der Waals surface area contributed by atoms with Gasteiger partial charge in [0, 0.05) is 17.1 Å². The van der Waals surface area contributed by atoms with Crippen LogP contribution in [0.15, 0.2) is 40.9 Å². The van der Waals surface area contributed by atoms with E-state index in [4.69, 9.17) is 4.74 Å². The molecule has 0 fully saturated rings. The third kappa shape index (κ3) is 4.55. The van der Waals surface area contributed by atoms with E-state index in [1.165, 1.54) is 6.07 Å². The molecule has 0 aliphatic heterocycles. The molecule has 0 heterocycles. The second-order valence-electron chi connectivity index (χ2n) is 5.31. The van der Waals surface area contributed by atoms with Crippen molar-refractivity contribution < 1.29 is 9.13 Å². The van der Waals surface area contributed by atoms with Crippen molar-refractivity contribution in [3.63, 3.8) is 0 Å². The maximum absolute atomic E-state index is 13.8. The molecule has 0 bridgehead atoms. The Morgan fingerprint density at radius 3 is 2.62 bits per heavy atom. The molecule has 2 aromatic carbocycles. The zero-order valence-electron chi connectivity index (χ0n) is 12.4. The van der Waals surface area contributed by atoms with Crippen LogP contribution in [0.25, 0.3) is 0 Å². The summed E-state index contributed by atoms with van der Waals surface area (Å²) < 4.78 is 20.3. The lowest BCUT2D eigenvalue weighted by Gasteiger charge is -2.13. The fourth-order valence-corrected chi connectivity index (χ4v) is 2.20. The second kappa shape index (κ2) is 7.05. The molecular weight excluding hydrogens is 333 g/mol. The highest BCUT2D eigenvalue weighted by atomic mass is 79.9. The summed E-state index contributed by atoms with van der Waals surface area (Å²) in [5.41, 5.74) is 2.09. The summed E-state index contributed by atoms with van der Waals surface area (Å²) in [5, 5.41) is 3.36. The van der Waals surface area contributed by atoms with Crippen LogP contribution in [0.2, 0.25) is 0 Å². The summed E-state index contributed by atoms with van der Waals surface area (Å²) in [4.78, 5) is 0. The normalized spacial score (nSPS) is 11.0. The van der Waals surface area contributed by atoms with Crippen LogP contribution in [0.1, 0.15) is 25.0 Å². The minimum absolute atomic E-state index is 0.224. The van der Waals surface area contributed by atoms with E-state index in [2.05, 4.69) is 41.2 Å². The molecule has 0 saturated carbocycles. The van der Waals surface area contributed by atoms with Gasteiger partial charge in [-0.05, 0) is 42.3 Å². The van der Waals surface area contributed by atoms with Crippen molar-refractivity contribution in [1.29, 1.82) is 0 Å². The van der Waals surface area contributed by atoms with E-state index in [0.717, 1.165) is 22.1 Å².